The van der Waals surface area contributed by atoms with Crippen LogP contribution >= 0.6 is 0 Å². The number of aromatic nitrogens is 2. The van der Waals surface area contributed by atoms with Gasteiger partial charge in [0.15, 0.2) is 0 Å². The van der Waals surface area contributed by atoms with Crippen molar-refractivity contribution in [1.82, 2.24) is 9.97 Å². The number of para-hydroxylation sites is 1. The van der Waals surface area contributed by atoms with E-state index in [0.717, 1.165) is 18.2 Å². The van der Waals surface area contributed by atoms with Crippen LogP contribution in [0, 0.1) is 12.1 Å². The fraction of sp³-hybridized carbons (Fsp3) is 0.0667. The average molecular weight is 483 g/mol. The van der Waals surface area contributed by atoms with Gasteiger partial charge in [-0.3, -0.25) is 4.98 Å². The third-order valence-electron chi connectivity index (χ3n) is 2.96. The molecule has 0 unspecified atom stereocenters. The van der Waals surface area contributed by atoms with Gasteiger partial charge in [0, 0.05) is 25.8 Å². The van der Waals surface area contributed by atoms with Gasteiger partial charge in [-0.05, 0) is 17.0 Å². The third-order valence-corrected chi connectivity index (χ3v) is 2.96. The van der Waals surface area contributed by atoms with E-state index in [1.807, 2.05) is 0 Å². The second-order valence-electron chi connectivity index (χ2n) is 4.35. The first-order valence-corrected chi connectivity index (χ1v) is 5.97. The molecule has 1 radical (unpaired) electrons. The van der Waals surface area contributed by atoms with Gasteiger partial charge in [0.05, 0.1) is 5.52 Å². The van der Waals surface area contributed by atoms with E-state index in [1.165, 1.54) is 0 Å². The van der Waals surface area contributed by atoms with Crippen LogP contribution in [0.3, 0.4) is 0 Å². The Kier molecular flexibility index (Phi) is 4.58. The maximum atomic E-state index is 13.5. The summed E-state index contributed by atoms with van der Waals surface area (Å²) >= 11 is 0. The van der Waals surface area contributed by atoms with E-state index in [9.17, 15) is 17.6 Å². The first-order chi connectivity index (χ1) is 9.95. The van der Waals surface area contributed by atoms with Crippen LogP contribution in [0.2, 0.25) is 0 Å². The molecule has 0 fully saturated rings. The minimum absolute atomic E-state index is 0. The van der Waals surface area contributed by atoms with Gasteiger partial charge < -0.3 is 0 Å². The van der Waals surface area contributed by atoms with Gasteiger partial charge in [-0.15, -0.1) is 29.8 Å². The van der Waals surface area contributed by atoms with Crippen LogP contribution in [-0.4, -0.2) is 9.97 Å². The molecule has 1 heterocycles. The first kappa shape index (κ1) is 16.5. The number of benzene rings is 2. The standard InChI is InChI=1S/C15H7F4N2.Ir/c16-14-20-12-7-2-1-6-11(12)13(21-14)9-4-3-5-10(8-9)15(17,18)19;/h1-3,5-8H;/q-1;. The Bertz CT molecular complexity index is 818. The Morgan fingerprint density at radius 3 is 2.45 bits per heavy atom. The van der Waals surface area contributed by atoms with Crippen molar-refractivity contribution < 1.29 is 37.7 Å². The van der Waals surface area contributed by atoms with Crippen LogP contribution in [0.1, 0.15) is 5.56 Å². The molecule has 2 aromatic carbocycles. The third kappa shape index (κ3) is 3.15. The largest absolute Gasteiger partial charge is 0.399 e. The zero-order valence-electron chi connectivity index (χ0n) is 10.8. The summed E-state index contributed by atoms with van der Waals surface area (Å²) in [5.41, 5.74) is -0.350. The molecule has 0 bridgehead atoms. The summed E-state index contributed by atoms with van der Waals surface area (Å²) in [5, 5.41) is 0.467. The van der Waals surface area contributed by atoms with E-state index in [1.54, 1.807) is 24.3 Å². The quantitative estimate of drug-likeness (QED) is 0.294. The zero-order chi connectivity index (χ0) is 15.0. The summed E-state index contributed by atoms with van der Waals surface area (Å²) in [4.78, 5) is 7.24. The molecule has 115 valence electrons. The maximum Gasteiger partial charge on any atom is 0.399 e. The fourth-order valence-electron chi connectivity index (χ4n) is 2.03. The summed E-state index contributed by atoms with van der Waals surface area (Å²) in [6.07, 6.45) is -5.47. The van der Waals surface area contributed by atoms with E-state index >= 15 is 0 Å². The molecule has 0 amide bonds. The Morgan fingerprint density at radius 1 is 1.00 bits per heavy atom. The predicted molar refractivity (Wildman–Crippen MR) is 68.8 cm³/mol. The van der Waals surface area contributed by atoms with Crippen LogP contribution in [0.4, 0.5) is 17.6 Å². The topological polar surface area (TPSA) is 25.8 Å². The Balaban J connectivity index is 0.00000176. The van der Waals surface area contributed by atoms with Crippen LogP contribution in [0.5, 0.6) is 0 Å². The molecule has 7 heteroatoms. The smallest absolute Gasteiger partial charge is 0.252 e. The van der Waals surface area contributed by atoms with Crippen molar-refractivity contribution in [3.63, 3.8) is 0 Å². The number of nitrogens with zero attached hydrogens (tertiary/aromatic N) is 2. The minimum atomic E-state index is -4.48. The van der Waals surface area contributed by atoms with Gasteiger partial charge >= 0.3 is 6.18 Å². The number of rotatable bonds is 1. The number of hydrogen-bond acceptors (Lipinski definition) is 2. The van der Waals surface area contributed by atoms with Crippen molar-refractivity contribution in [2.24, 2.45) is 0 Å². The average Bonchev–Trinajstić information content (AvgIpc) is 2.45. The SMILES string of the molecule is Fc1nc(-c2[c-]ccc(C(F)(F)F)c2)c2ccccc2n1.[Ir]. The van der Waals surface area contributed by atoms with Gasteiger partial charge in [-0.1, -0.05) is 18.2 Å². The molecule has 22 heavy (non-hydrogen) atoms. The molecule has 2 nitrogen and oxygen atoms in total. The van der Waals surface area contributed by atoms with E-state index < -0.39 is 17.8 Å². The van der Waals surface area contributed by atoms with Gasteiger partial charge in [0.1, 0.15) is 0 Å². The van der Waals surface area contributed by atoms with Crippen LogP contribution in [0.15, 0.2) is 42.5 Å². The molecular formula is C15H7F4IrN2-. The molecule has 0 aliphatic rings. The molecule has 3 aromatic rings. The van der Waals surface area contributed by atoms with Crippen LogP contribution in [0.25, 0.3) is 22.2 Å². The summed E-state index contributed by atoms with van der Waals surface area (Å²) in [7, 11) is 0. The van der Waals surface area contributed by atoms with Crippen molar-refractivity contribution in [3.05, 3.63) is 60.2 Å². The predicted octanol–water partition coefficient (Wildman–Crippen LogP) is 4.25. The van der Waals surface area contributed by atoms with Gasteiger partial charge in [0.2, 0.25) is 0 Å². The fourth-order valence-corrected chi connectivity index (χ4v) is 2.03. The van der Waals surface area contributed by atoms with Crippen molar-refractivity contribution in [2.75, 3.05) is 0 Å². The summed E-state index contributed by atoms with van der Waals surface area (Å²) in [6, 6.07) is 12.1. The number of hydrogen-bond donors (Lipinski definition) is 0. The summed E-state index contributed by atoms with van der Waals surface area (Å²) in [5.74, 6) is 0. The van der Waals surface area contributed by atoms with Crippen LogP contribution in [-0.2, 0) is 26.3 Å². The summed E-state index contributed by atoms with van der Waals surface area (Å²) in [6.45, 7) is 0. The Morgan fingerprint density at radius 2 is 1.73 bits per heavy atom. The van der Waals surface area contributed by atoms with E-state index in [2.05, 4.69) is 16.0 Å². The van der Waals surface area contributed by atoms with E-state index in [0.29, 0.717) is 10.9 Å². The Hall–Kier alpha value is -1.85. The second kappa shape index (κ2) is 6.10. The Labute approximate surface area is 136 Å². The monoisotopic (exact) mass is 484 g/mol. The van der Waals surface area contributed by atoms with Crippen molar-refractivity contribution >= 4 is 10.9 Å². The number of halogens is 4. The van der Waals surface area contributed by atoms with Crippen molar-refractivity contribution in [3.8, 4) is 11.3 Å². The van der Waals surface area contributed by atoms with E-state index in [4.69, 9.17) is 0 Å². The molecule has 1 aromatic heterocycles. The van der Waals surface area contributed by atoms with E-state index in [-0.39, 0.29) is 31.4 Å². The van der Waals surface area contributed by atoms with Crippen LogP contribution < -0.4 is 0 Å². The molecule has 0 aliphatic heterocycles. The molecule has 0 atom stereocenters. The number of alkyl halides is 3. The normalized spacial score (nSPS) is 11.3. The maximum absolute atomic E-state index is 13.5. The second-order valence-corrected chi connectivity index (χ2v) is 4.35. The van der Waals surface area contributed by atoms with Gasteiger partial charge in [-0.2, -0.15) is 17.6 Å². The number of fused-ring (bicyclic) bond motifs is 1. The molecule has 3 rings (SSSR count). The molecule has 0 aliphatic carbocycles. The minimum Gasteiger partial charge on any atom is -0.252 e. The van der Waals surface area contributed by atoms with Gasteiger partial charge in [0.25, 0.3) is 6.08 Å². The molecule has 0 saturated heterocycles. The van der Waals surface area contributed by atoms with Gasteiger partial charge in [-0.25, -0.2) is 4.98 Å². The summed E-state index contributed by atoms with van der Waals surface area (Å²) < 4.78 is 51.7. The molecule has 0 N–H and O–H groups in total. The molecule has 0 spiro atoms. The first-order valence-electron chi connectivity index (χ1n) is 5.97. The van der Waals surface area contributed by atoms with Crippen molar-refractivity contribution in [1.29, 1.82) is 0 Å². The zero-order valence-corrected chi connectivity index (χ0v) is 13.2. The molecule has 0 saturated carbocycles. The van der Waals surface area contributed by atoms with Crippen molar-refractivity contribution in [2.45, 2.75) is 6.18 Å². The molecular weight excluding hydrogens is 476 g/mol.